The molecule has 0 fully saturated rings. The summed E-state index contributed by atoms with van der Waals surface area (Å²) >= 11 is 0. The van der Waals surface area contributed by atoms with Crippen LogP contribution >= 0.6 is 0 Å². The van der Waals surface area contributed by atoms with Gasteiger partial charge in [0.1, 0.15) is 5.75 Å². The Hall–Kier alpha value is -2.45. The van der Waals surface area contributed by atoms with Crippen molar-refractivity contribution in [2.45, 2.75) is 51.7 Å². The average molecular weight is 417 g/mol. The number of esters is 1. The number of nitrogens with one attached hydrogen (secondary N) is 2. The van der Waals surface area contributed by atoms with Crippen LogP contribution in [0, 0.1) is 0 Å². The lowest BCUT2D eigenvalue weighted by Gasteiger charge is -2.13. The SMILES string of the molecule is CCOC(=O)CCCCCCNC(=NC)NCc1ccc(OCC(F)(F)F)cc1. The van der Waals surface area contributed by atoms with Crippen molar-refractivity contribution in [1.29, 1.82) is 0 Å². The van der Waals surface area contributed by atoms with Crippen molar-refractivity contribution < 1.29 is 27.4 Å². The van der Waals surface area contributed by atoms with Gasteiger partial charge in [-0.05, 0) is 37.5 Å². The number of halogens is 3. The minimum atomic E-state index is -4.35. The molecule has 9 heteroatoms. The van der Waals surface area contributed by atoms with Gasteiger partial charge in [-0.3, -0.25) is 9.79 Å². The molecule has 6 nitrogen and oxygen atoms in total. The highest BCUT2D eigenvalue weighted by molar-refractivity contribution is 5.79. The number of benzene rings is 1. The Bertz CT molecular complexity index is 620. The molecule has 0 radical (unpaired) electrons. The number of rotatable bonds is 12. The van der Waals surface area contributed by atoms with Crippen LogP contribution in [0.3, 0.4) is 0 Å². The fourth-order valence-corrected chi connectivity index (χ4v) is 2.46. The summed E-state index contributed by atoms with van der Waals surface area (Å²) < 4.78 is 46.0. The van der Waals surface area contributed by atoms with Crippen LogP contribution < -0.4 is 15.4 Å². The van der Waals surface area contributed by atoms with Gasteiger partial charge >= 0.3 is 12.1 Å². The zero-order valence-corrected chi connectivity index (χ0v) is 17.0. The highest BCUT2D eigenvalue weighted by Gasteiger charge is 2.28. The summed E-state index contributed by atoms with van der Waals surface area (Å²) in [5.41, 5.74) is 0.895. The monoisotopic (exact) mass is 417 g/mol. The topological polar surface area (TPSA) is 72.0 Å². The number of aliphatic imine (C=N–C) groups is 1. The molecule has 0 heterocycles. The molecule has 0 aliphatic carbocycles. The first-order chi connectivity index (χ1) is 13.8. The fourth-order valence-electron chi connectivity index (χ4n) is 2.46. The van der Waals surface area contributed by atoms with Crippen molar-refractivity contribution in [3.05, 3.63) is 29.8 Å². The maximum atomic E-state index is 12.1. The maximum absolute atomic E-state index is 12.1. The van der Waals surface area contributed by atoms with E-state index in [1.807, 2.05) is 0 Å². The molecule has 0 amide bonds. The van der Waals surface area contributed by atoms with Gasteiger partial charge in [0.25, 0.3) is 0 Å². The van der Waals surface area contributed by atoms with Crippen LogP contribution in [0.25, 0.3) is 0 Å². The normalized spacial score (nSPS) is 11.8. The van der Waals surface area contributed by atoms with Crippen LogP contribution in [0.1, 0.15) is 44.6 Å². The number of carbonyl (C=O) groups is 1. The smallest absolute Gasteiger partial charge is 0.422 e. The molecule has 0 aliphatic rings. The Kier molecular flexibility index (Phi) is 11.6. The van der Waals surface area contributed by atoms with Crippen molar-refractivity contribution in [2.24, 2.45) is 4.99 Å². The van der Waals surface area contributed by atoms with Gasteiger partial charge in [-0.25, -0.2) is 0 Å². The third-order valence-electron chi connectivity index (χ3n) is 3.91. The molecule has 29 heavy (non-hydrogen) atoms. The summed E-state index contributed by atoms with van der Waals surface area (Å²) in [6, 6.07) is 6.43. The van der Waals surface area contributed by atoms with Crippen LogP contribution in [0.2, 0.25) is 0 Å². The molecule has 0 aliphatic heterocycles. The zero-order chi connectivity index (χ0) is 21.5. The van der Waals surface area contributed by atoms with E-state index in [4.69, 9.17) is 4.74 Å². The van der Waals surface area contributed by atoms with Crippen LogP contribution in [0.4, 0.5) is 13.2 Å². The molecule has 164 valence electrons. The molecule has 0 unspecified atom stereocenters. The Balaban J connectivity index is 2.18. The van der Waals surface area contributed by atoms with Crippen LogP contribution in [-0.4, -0.2) is 44.9 Å². The lowest BCUT2D eigenvalue weighted by molar-refractivity contribution is -0.153. The van der Waals surface area contributed by atoms with Crippen molar-refractivity contribution in [3.63, 3.8) is 0 Å². The highest BCUT2D eigenvalue weighted by atomic mass is 19.4. The van der Waals surface area contributed by atoms with Gasteiger partial charge in [0.15, 0.2) is 12.6 Å². The van der Waals surface area contributed by atoms with Crippen molar-refractivity contribution in [2.75, 3.05) is 26.8 Å². The summed E-state index contributed by atoms with van der Waals surface area (Å²) in [4.78, 5) is 15.4. The van der Waals surface area contributed by atoms with Crippen molar-refractivity contribution >= 4 is 11.9 Å². The number of hydrogen-bond acceptors (Lipinski definition) is 4. The predicted octanol–water partition coefficient (Wildman–Crippen LogP) is 3.81. The minimum Gasteiger partial charge on any atom is -0.484 e. The Morgan fingerprint density at radius 1 is 1.07 bits per heavy atom. The molecular weight excluding hydrogens is 387 g/mol. The molecule has 0 saturated heterocycles. The maximum Gasteiger partial charge on any atom is 0.422 e. The largest absolute Gasteiger partial charge is 0.484 e. The Labute approximate surface area is 169 Å². The van der Waals surface area contributed by atoms with E-state index in [1.54, 1.807) is 26.1 Å². The van der Waals surface area contributed by atoms with Gasteiger partial charge in [-0.1, -0.05) is 25.0 Å². The first-order valence-electron chi connectivity index (χ1n) is 9.72. The van der Waals surface area contributed by atoms with E-state index in [0.29, 0.717) is 25.5 Å². The molecule has 0 aromatic heterocycles. The van der Waals surface area contributed by atoms with Crippen LogP contribution in [0.5, 0.6) is 5.75 Å². The van der Waals surface area contributed by atoms with Gasteiger partial charge in [0.05, 0.1) is 6.61 Å². The Morgan fingerprint density at radius 3 is 2.38 bits per heavy atom. The first-order valence-corrected chi connectivity index (χ1v) is 9.72. The number of alkyl halides is 3. The summed E-state index contributed by atoms with van der Waals surface area (Å²) in [7, 11) is 1.67. The van der Waals surface area contributed by atoms with Crippen molar-refractivity contribution in [1.82, 2.24) is 10.6 Å². The number of unbranched alkanes of at least 4 members (excludes halogenated alkanes) is 3. The third kappa shape index (κ3) is 12.6. The summed E-state index contributed by atoms with van der Waals surface area (Å²) in [5.74, 6) is 0.681. The Morgan fingerprint density at radius 2 is 1.76 bits per heavy atom. The van der Waals surface area contributed by atoms with E-state index >= 15 is 0 Å². The zero-order valence-electron chi connectivity index (χ0n) is 17.0. The number of guanidine groups is 1. The second kappa shape index (κ2) is 13.7. The number of hydrogen-bond donors (Lipinski definition) is 2. The minimum absolute atomic E-state index is 0.143. The number of nitrogens with zero attached hydrogens (tertiary/aromatic N) is 1. The second-order valence-electron chi connectivity index (χ2n) is 6.37. The standard InChI is InChI=1S/C20H30F3N3O3/c1-3-28-18(27)8-6-4-5-7-13-25-19(24-2)26-14-16-9-11-17(12-10-16)29-15-20(21,22)23/h9-12H,3-8,13-15H2,1-2H3,(H2,24,25,26). The van der Waals surface area contributed by atoms with E-state index in [-0.39, 0.29) is 11.7 Å². The molecule has 1 aromatic rings. The number of ether oxygens (including phenoxy) is 2. The lowest BCUT2D eigenvalue weighted by atomic mass is 10.1. The lowest BCUT2D eigenvalue weighted by Crippen LogP contribution is -2.37. The van der Waals surface area contributed by atoms with E-state index in [2.05, 4.69) is 20.4 Å². The first kappa shape index (κ1) is 24.6. The van der Waals surface area contributed by atoms with Gasteiger partial charge in [-0.2, -0.15) is 13.2 Å². The second-order valence-corrected chi connectivity index (χ2v) is 6.37. The van der Waals surface area contributed by atoms with E-state index in [1.165, 1.54) is 12.1 Å². The molecule has 0 atom stereocenters. The van der Waals surface area contributed by atoms with Crippen LogP contribution in [0.15, 0.2) is 29.3 Å². The molecule has 0 bridgehead atoms. The van der Waals surface area contributed by atoms with Gasteiger partial charge in [0.2, 0.25) is 0 Å². The average Bonchev–Trinajstić information content (AvgIpc) is 2.68. The molecule has 1 rings (SSSR count). The van der Waals surface area contributed by atoms with E-state index < -0.39 is 12.8 Å². The van der Waals surface area contributed by atoms with Gasteiger partial charge in [0, 0.05) is 26.6 Å². The molecular formula is C20H30F3N3O3. The van der Waals surface area contributed by atoms with Gasteiger partial charge in [-0.15, -0.1) is 0 Å². The molecule has 2 N–H and O–H groups in total. The van der Waals surface area contributed by atoms with Crippen LogP contribution in [-0.2, 0) is 16.1 Å². The van der Waals surface area contributed by atoms with Gasteiger partial charge < -0.3 is 20.1 Å². The summed E-state index contributed by atoms with van der Waals surface area (Å²) in [6.45, 7) is 2.16. The summed E-state index contributed by atoms with van der Waals surface area (Å²) in [6.07, 6.45) is -0.134. The van der Waals surface area contributed by atoms with E-state index in [0.717, 1.165) is 37.8 Å². The molecule has 1 aromatic carbocycles. The number of carbonyl (C=O) groups excluding carboxylic acids is 1. The highest BCUT2D eigenvalue weighted by Crippen LogP contribution is 2.18. The quantitative estimate of drug-likeness (QED) is 0.234. The fraction of sp³-hybridized carbons (Fsp3) is 0.600. The molecule has 0 saturated carbocycles. The van der Waals surface area contributed by atoms with E-state index in [9.17, 15) is 18.0 Å². The predicted molar refractivity (Wildman–Crippen MR) is 106 cm³/mol. The molecule has 0 spiro atoms. The summed E-state index contributed by atoms with van der Waals surface area (Å²) in [5, 5.41) is 6.35. The third-order valence-corrected chi connectivity index (χ3v) is 3.91. The van der Waals surface area contributed by atoms with Crippen molar-refractivity contribution in [3.8, 4) is 5.75 Å².